The van der Waals surface area contributed by atoms with E-state index in [0.29, 0.717) is 6.42 Å². The summed E-state index contributed by atoms with van der Waals surface area (Å²) in [7, 11) is 0. The number of hydrogen-bond acceptors (Lipinski definition) is 1. The Morgan fingerprint density at radius 1 is 1.44 bits per heavy atom. The quantitative estimate of drug-likeness (QED) is 0.746. The molecule has 0 aliphatic heterocycles. The second kappa shape index (κ2) is 5.92. The minimum absolute atomic E-state index is 0.0169. The molecule has 1 aromatic carbocycles. The van der Waals surface area contributed by atoms with Gasteiger partial charge in [-0.3, -0.25) is 4.79 Å². The highest BCUT2D eigenvalue weighted by molar-refractivity contribution is 9.10. The lowest BCUT2D eigenvalue weighted by atomic mass is 10.0. The van der Waals surface area contributed by atoms with E-state index >= 15 is 0 Å². The molecule has 0 bridgehead atoms. The minimum atomic E-state index is -0.283. The molecule has 0 saturated carbocycles. The third kappa shape index (κ3) is 3.67. The van der Waals surface area contributed by atoms with Crippen LogP contribution in [0.5, 0.6) is 0 Å². The number of hydrogen-bond donors (Lipinski definition) is 0. The Morgan fingerprint density at radius 3 is 2.62 bits per heavy atom. The van der Waals surface area contributed by atoms with Gasteiger partial charge in [-0.2, -0.15) is 0 Å². The van der Waals surface area contributed by atoms with Crippen molar-refractivity contribution < 1.29 is 9.18 Å². The molecule has 1 atom stereocenters. The first kappa shape index (κ1) is 13.8. The number of rotatable bonds is 4. The van der Waals surface area contributed by atoms with E-state index in [4.69, 9.17) is 0 Å². The summed E-state index contributed by atoms with van der Waals surface area (Å²) in [5.74, 6) is -0.164. The monoisotopic (exact) mass is 350 g/mol. The van der Waals surface area contributed by atoms with Crippen molar-refractivity contribution in [3.8, 4) is 0 Å². The number of carbonyl (C=O) groups is 1. The minimum Gasteiger partial charge on any atom is -0.298 e. The molecule has 88 valence electrons. The lowest BCUT2D eigenvalue weighted by molar-refractivity contribution is -0.121. The van der Waals surface area contributed by atoms with Gasteiger partial charge >= 0.3 is 0 Å². The first-order valence-corrected chi connectivity index (χ1v) is 6.74. The predicted molar refractivity (Wildman–Crippen MR) is 70.4 cm³/mol. The fraction of sp³-hybridized carbons (Fsp3) is 0.417. The third-order valence-corrected chi connectivity index (χ3v) is 3.83. The summed E-state index contributed by atoms with van der Waals surface area (Å²) in [6, 6.07) is 4.50. The lowest BCUT2D eigenvalue weighted by Gasteiger charge is -2.12. The number of Topliss-reactive ketones (excluding diaryl/α,β-unsaturated/α-hetero) is 1. The van der Waals surface area contributed by atoms with Crippen molar-refractivity contribution in [2.24, 2.45) is 5.92 Å². The van der Waals surface area contributed by atoms with E-state index < -0.39 is 0 Å². The average molecular weight is 352 g/mol. The van der Waals surface area contributed by atoms with Crippen molar-refractivity contribution in [2.75, 3.05) is 0 Å². The third-order valence-electron chi connectivity index (χ3n) is 2.28. The molecule has 0 aliphatic carbocycles. The Labute approximate surface area is 112 Å². The number of carbonyl (C=O) groups excluding carboxylic acids is 1. The van der Waals surface area contributed by atoms with Crippen LogP contribution in [0, 0.1) is 11.7 Å². The maximum absolute atomic E-state index is 13.0. The molecule has 16 heavy (non-hydrogen) atoms. The van der Waals surface area contributed by atoms with E-state index in [-0.39, 0.29) is 22.3 Å². The molecule has 0 radical (unpaired) electrons. The largest absolute Gasteiger partial charge is 0.298 e. The van der Waals surface area contributed by atoms with Crippen LogP contribution in [0.25, 0.3) is 0 Å². The van der Waals surface area contributed by atoms with Crippen molar-refractivity contribution in [1.82, 2.24) is 0 Å². The zero-order valence-electron chi connectivity index (χ0n) is 9.14. The highest BCUT2D eigenvalue weighted by Crippen LogP contribution is 2.22. The van der Waals surface area contributed by atoms with Crippen LogP contribution in [-0.2, 0) is 11.2 Å². The molecule has 1 aromatic rings. The van der Waals surface area contributed by atoms with Gasteiger partial charge in [0, 0.05) is 10.4 Å². The van der Waals surface area contributed by atoms with Crippen molar-refractivity contribution >= 4 is 37.6 Å². The zero-order chi connectivity index (χ0) is 12.3. The van der Waals surface area contributed by atoms with E-state index in [1.165, 1.54) is 12.1 Å². The van der Waals surface area contributed by atoms with E-state index in [9.17, 15) is 9.18 Å². The number of halogens is 3. The summed E-state index contributed by atoms with van der Waals surface area (Å²) in [5.41, 5.74) is 0.802. The van der Waals surface area contributed by atoms with E-state index in [2.05, 4.69) is 31.9 Å². The van der Waals surface area contributed by atoms with Crippen LogP contribution in [0.15, 0.2) is 22.7 Å². The molecule has 0 fully saturated rings. The lowest BCUT2D eigenvalue weighted by Crippen LogP contribution is -2.22. The summed E-state index contributed by atoms with van der Waals surface area (Å²) in [5, 5.41) is 0. The predicted octanol–water partition coefficient (Wildman–Crippen LogP) is 4.12. The van der Waals surface area contributed by atoms with Crippen LogP contribution >= 0.6 is 31.9 Å². The Balaban J connectivity index is 2.80. The van der Waals surface area contributed by atoms with E-state index in [1.54, 1.807) is 6.07 Å². The molecule has 0 aliphatic rings. The fourth-order valence-electron chi connectivity index (χ4n) is 1.36. The first-order valence-electron chi connectivity index (χ1n) is 5.03. The Bertz CT molecular complexity index is 391. The van der Waals surface area contributed by atoms with E-state index in [1.807, 2.05) is 13.8 Å². The SMILES string of the molecule is CC(C)C(=O)C(Br)Cc1cc(F)ccc1Br. The second-order valence-corrected chi connectivity index (χ2v) is 5.92. The van der Waals surface area contributed by atoms with Crippen LogP contribution in [0.1, 0.15) is 19.4 Å². The van der Waals surface area contributed by atoms with E-state index in [0.717, 1.165) is 10.0 Å². The zero-order valence-corrected chi connectivity index (χ0v) is 12.3. The number of ketones is 1. The van der Waals surface area contributed by atoms with Crippen molar-refractivity contribution in [2.45, 2.75) is 25.1 Å². The first-order chi connectivity index (χ1) is 7.41. The Kier molecular flexibility index (Phi) is 5.12. The van der Waals surface area contributed by atoms with Gasteiger partial charge in [0.1, 0.15) is 11.6 Å². The molecule has 1 rings (SSSR count). The van der Waals surface area contributed by atoms with Gasteiger partial charge in [-0.25, -0.2) is 4.39 Å². The standard InChI is InChI=1S/C12H13Br2FO/c1-7(2)12(16)11(14)6-8-5-9(15)3-4-10(8)13/h3-5,7,11H,6H2,1-2H3. The summed E-state index contributed by atoms with van der Waals surface area (Å²) in [4.78, 5) is 11.4. The highest BCUT2D eigenvalue weighted by Gasteiger charge is 2.19. The molecule has 0 N–H and O–H groups in total. The molecule has 0 heterocycles. The smallest absolute Gasteiger partial charge is 0.149 e. The summed E-state index contributed by atoms with van der Waals surface area (Å²) in [6.07, 6.45) is 0.495. The van der Waals surface area contributed by atoms with Gasteiger partial charge in [0.05, 0.1) is 4.83 Å². The second-order valence-electron chi connectivity index (χ2n) is 3.96. The van der Waals surface area contributed by atoms with Crippen molar-refractivity contribution in [3.05, 3.63) is 34.1 Å². The summed E-state index contributed by atoms with van der Waals surface area (Å²) >= 11 is 6.69. The molecular weight excluding hydrogens is 339 g/mol. The Morgan fingerprint density at radius 2 is 2.06 bits per heavy atom. The molecule has 1 unspecified atom stereocenters. The van der Waals surface area contributed by atoms with Crippen LogP contribution in [0.3, 0.4) is 0 Å². The van der Waals surface area contributed by atoms with Crippen LogP contribution < -0.4 is 0 Å². The highest BCUT2D eigenvalue weighted by atomic mass is 79.9. The van der Waals surface area contributed by atoms with Gasteiger partial charge in [0.15, 0.2) is 0 Å². The summed E-state index contributed by atoms with van der Waals surface area (Å²) < 4.78 is 13.9. The topological polar surface area (TPSA) is 17.1 Å². The van der Waals surface area contributed by atoms with Gasteiger partial charge in [-0.05, 0) is 30.2 Å². The van der Waals surface area contributed by atoms with Gasteiger partial charge in [-0.1, -0.05) is 45.7 Å². The Hall–Kier alpha value is -0.220. The maximum atomic E-state index is 13.0. The van der Waals surface area contributed by atoms with Crippen molar-refractivity contribution in [1.29, 1.82) is 0 Å². The number of alkyl halides is 1. The average Bonchev–Trinajstić information content (AvgIpc) is 2.22. The molecule has 1 nitrogen and oxygen atoms in total. The van der Waals surface area contributed by atoms with Crippen LogP contribution in [0.4, 0.5) is 4.39 Å². The molecule has 0 aromatic heterocycles. The molecule has 4 heteroatoms. The van der Waals surface area contributed by atoms with Gasteiger partial charge in [0.25, 0.3) is 0 Å². The van der Waals surface area contributed by atoms with Crippen molar-refractivity contribution in [3.63, 3.8) is 0 Å². The fourth-order valence-corrected chi connectivity index (χ4v) is 2.64. The van der Waals surface area contributed by atoms with Crippen LogP contribution in [0.2, 0.25) is 0 Å². The van der Waals surface area contributed by atoms with Gasteiger partial charge in [0.2, 0.25) is 0 Å². The van der Waals surface area contributed by atoms with Gasteiger partial charge in [-0.15, -0.1) is 0 Å². The van der Waals surface area contributed by atoms with Crippen LogP contribution in [-0.4, -0.2) is 10.6 Å². The molecule has 0 saturated heterocycles. The molecule has 0 amide bonds. The molecular formula is C12H13Br2FO. The maximum Gasteiger partial charge on any atom is 0.149 e. The molecule has 0 spiro atoms. The normalized spacial score (nSPS) is 12.9. The number of benzene rings is 1. The van der Waals surface area contributed by atoms with Gasteiger partial charge < -0.3 is 0 Å². The summed E-state index contributed by atoms with van der Waals surface area (Å²) in [6.45, 7) is 3.72.